The standard InChI is InChI=1S/C17H23N3OS/c1-6-11(2)13-7-9-14(10-8-13)19-17-18-12(3)15(22-17)16(21)20(4)5/h7-11H,6H2,1-5H3,(H,18,19)/t11-/m1/s1. The predicted molar refractivity (Wildman–Crippen MR) is 93.3 cm³/mol. The summed E-state index contributed by atoms with van der Waals surface area (Å²) in [6.45, 7) is 6.29. The highest BCUT2D eigenvalue weighted by Gasteiger charge is 2.16. The Balaban J connectivity index is 2.14. The smallest absolute Gasteiger partial charge is 0.265 e. The van der Waals surface area contributed by atoms with E-state index in [1.807, 2.05) is 6.92 Å². The van der Waals surface area contributed by atoms with Crippen LogP contribution in [0.15, 0.2) is 24.3 Å². The van der Waals surface area contributed by atoms with Crippen LogP contribution in [0.3, 0.4) is 0 Å². The molecule has 1 aromatic carbocycles. The lowest BCUT2D eigenvalue weighted by molar-refractivity contribution is 0.0831. The molecule has 2 rings (SSSR count). The Labute approximate surface area is 136 Å². The molecule has 0 unspecified atom stereocenters. The molecule has 0 aliphatic carbocycles. The molecule has 22 heavy (non-hydrogen) atoms. The summed E-state index contributed by atoms with van der Waals surface area (Å²) in [4.78, 5) is 18.8. The first-order valence-corrected chi connectivity index (χ1v) is 8.30. The Kier molecular flexibility index (Phi) is 5.19. The lowest BCUT2D eigenvalue weighted by Crippen LogP contribution is -2.21. The molecule has 1 aromatic heterocycles. The van der Waals surface area contributed by atoms with Crippen LogP contribution < -0.4 is 5.32 Å². The van der Waals surface area contributed by atoms with Crippen molar-refractivity contribution in [1.29, 1.82) is 0 Å². The van der Waals surface area contributed by atoms with Crippen LogP contribution >= 0.6 is 11.3 Å². The van der Waals surface area contributed by atoms with Gasteiger partial charge in [0.2, 0.25) is 0 Å². The molecule has 118 valence electrons. The van der Waals surface area contributed by atoms with E-state index in [0.29, 0.717) is 10.8 Å². The summed E-state index contributed by atoms with van der Waals surface area (Å²) < 4.78 is 0. The minimum atomic E-state index is -0.00447. The van der Waals surface area contributed by atoms with Gasteiger partial charge in [0.05, 0.1) is 5.69 Å². The fraction of sp³-hybridized carbons (Fsp3) is 0.412. The van der Waals surface area contributed by atoms with Crippen LogP contribution in [0.5, 0.6) is 0 Å². The number of benzene rings is 1. The summed E-state index contributed by atoms with van der Waals surface area (Å²) in [6, 6.07) is 8.41. The van der Waals surface area contributed by atoms with Crippen LogP contribution in [0.1, 0.15) is 47.1 Å². The Morgan fingerprint density at radius 1 is 1.32 bits per heavy atom. The van der Waals surface area contributed by atoms with Crippen molar-refractivity contribution in [1.82, 2.24) is 9.88 Å². The van der Waals surface area contributed by atoms with Gasteiger partial charge in [-0.1, -0.05) is 37.3 Å². The molecule has 0 aliphatic rings. The molecular weight excluding hydrogens is 294 g/mol. The van der Waals surface area contributed by atoms with Crippen LogP contribution in [0.4, 0.5) is 10.8 Å². The molecule has 0 bridgehead atoms. The zero-order valence-electron chi connectivity index (χ0n) is 13.8. The van der Waals surface area contributed by atoms with Gasteiger partial charge in [-0.05, 0) is 37.0 Å². The van der Waals surface area contributed by atoms with Crippen molar-refractivity contribution >= 4 is 28.1 Å². The van der Waals surface area contributed by atoms with Gasteiger partial charge < -0.3 is 10.2 Å². The Morgan fingerprint density at radius 2 is 1.95 bits per heavy atom. The van der Waals surface area contributed by atoms with E-state index in [4.69, 9.17) is 0 Å². The number of aromatic nitrogens is 1. The summed E-state index contributed by atoms with van der Waals surface area (Å²) >= 11 is 1.39. The van der Waals surface area contributed by atoms with Crippen molar-refractivity contribution in [2.75, 3.05) is 19.4 Å². The molecule has 1 N–H and O–H groups in total. The van der Waals surface area contributed by atoms with E-state index >= 15 is 0 Å². The third kappa shape index (κ3) is 3.65. The number of carbonyl (C=O) groups is 1. The second-order valence-electron chi connectivity index (χ2n) is 5.69. The molecule has 1 atom stereocenters. The maximum atomic E-state index is 12.1. The first kappa shape index (κ1) is 16.5. The number of nitrogens with zero attached hydrogens (tertiary/aromatic N) is 2. The van der Waals surface area contributed by atoms with Crippen molar-refractivity contribution in [3.8, 4) is 0 Å². The van der Waals surface area contributed by atoms with E-state index in [1.54, 1.807) is 19.0 Å². The van der Waals surface area contributed by atoms with Crippen LogP contribution in [-0.4, -0.2) is 29.9 Å². The molecular formula is C17H23N3OS. The number of anilines is 2. The first-order valence-electron chi connectivity index (χ1n) is 7.48. The second-order valence-corrected chi connectivity index (χ2v) is 6.69. The normalized spacial score (nSPS) is 12.0. The summed E-state index contributed by atoms with van der Waals surface area (Å²) in [5.41, 5.74) is 3.10. The number of carbonyl (C=O) groups excluding carboxylic acids is 1. The largest absolute Gasteiger partial charge is 0.344 e. The molecule has 0 fully saturated rings. The topological polar surface area (TPSA) is 45.2 Å². The van der Waals surface area contributed by atoms with Gasteiger partial charge in [-0.15, -0.1) is 0 Å². The van der Waals surface area contributed by atoms with Crippen molar-refractivity contribution in [3.05, 3.63) is 40.4 Å². The van der Waals surface area contributed by atoms with Crippen LogP contribution in [0.2, 0.25) is 0 Å². The van der Waals surface area contributed by atoms with E-state index in [1.165, 1.54) is 16.9 Å². The summed E-state index contributed by atoms with van der Waals surface area (Å²) in [6.07, 6.45) is 1.13. The molecule has 4 nitrogen and oxygen atoms in total. The fourth-order valence-electron chi connectivity index (χ4n) is 2.11. The second kappa shape index (κ2) is 6.92. The minimum Gasteiger partial charge on any atom is -0.344 e. The number of hydrogen-bond donors (Lipinski definition) is 1. The molecule has 0 radical (unpaired) electrons. The third-order valence-corrected chi connectivity index (χ3v) is 4.80. The average Bonchev–Trinajstić information content (AvgIpc) is 2.86. The van der Waals surface area contributed by atoms with Crippen molar-refractivity contribution < 1.29 is 4.79 Å². The lowest BCUT2D eigenvalue weighted by Gasteiger charge is -2.10. The number of hydrogen-bond acceptors (Lipinski definition) is 4. The molecule has 2 aromatic rings. The Bertz CT molecular complexity index is 646. The van der Waals surface area contributed by atoms with Gasteiger partial charge in [0.15, 0.2) is 5.13 Å². The van der Waals surface area contributed by atoms with E-state index in [0.717, 1.165) is 22.9 Å². The quantitative estimate of drug-likeness (QED) is 0.888. The highest BCUT2D eigenvalue weighted by Crippen LogP contribution is 2.27. The third-order valence-electron chi connectivity index (χ3n) is 3.74. The Morgan fingerprint density at radius 3 is 2.50 bits per heavy atom. The van der Waals surface area contributed by atoms with Gasteiger partial charge in [-0.25, -0.2) is 4.98 Å². The van der Waals surface area contributed by atoms with E-state index < -0.39 is 0 Å². The predicted octanol–water partition coefficient (Wildman–Crippen LogP) is 4.41. The molecule has 1 heterocycles. The number of aryl methyl sites for hydroxylation is 1. The zero-order valence-corrected chi connectivity index (χ0v) is 14.6. The summed E-state index contributed by atoms with van der Waals surface area (Å²) in [5, 5.41) is 4.03. The lowest BCUT2D eigenvalue weighted by atomic mass is 9.99. The van der Waals surface area contributed by atoms with E-state index in [9.17, 15) is 4.79 Å². The zero-order chi connectivity index (χ0) is 16.3. The highest BCUT2D eigenvalue weighted by molar-refractivity contribution is 7.17. The van der Waals surface area contributed by atoms with Crippen LogP contribution in [-0.2, 0) is 0 Å². The highest BCUT2D eigenvalue weighted by atomic mass is 32.1. The number of thiazole rings is 1. The monoisotopic (exact) mass is 317 g/mol. The van der Waals surface area contributed by atoms with E-state index in [2.05, 4.69) is 48.4 Å². The summed E-state index contributed by atoms with van der Waals surface area (Å²) in [7, 11) is 3.50. The maximum absolute atomic E-state index is 12.1. The van der Waals surface area contributed by atoms with Crippen molar-refractivity contribution in [3.63, 3.8) is 0 Å². The molecule has 0 aliphatic heterocycles. The number of rotatable bonds is 5. The SMILES string of the molecule is CC[C@@H](C)c1ccc(Nc2nc(C)c(C(=O)N(C)C)s2)cc1. The first-order chi connectivity index (χ1) is 10.4. The molecule has 0 saturated carbocycles. The minimum absolute atomic E-state index is 0.00447. The van der Waals surface area contributed by atoms with Gasteiger partial charge in [-0.3, -0.25) is 4.79 Å². The van der Waals surface area contributed by atoms with Crippen LogP contribution in [0, 0.1) is 6.92 Å². The molecule has 0 spiro atoms. The maximum Gasteiger partial charge on any atom is 0.265 e. The van der Waals surface area contributed by atoms with Gasteiger partial charge in [0.25, 0.3) is 5.91 Å². The van der Waals surface area contributed by atoms with Gasteiger partial charge >= 0.3 is 0 Å². The van der Waals surface area contributed by atoms with Crippen LogP contribution in [0.25, 0.3) is 0 Å². The van der Waals surface area contributed by atoms with Gasteiger partial charge in [0.1, 0.15) is 4.88 Å². The molecule has 0 saturated heterocycles. The molecule has 1 amide bonds. The number of nitrogens with one attached hydrogen (secondary N) is 1. The Hall–Kier alpha value is -1.88. The van der Waals surface area contributed by atoms with Gasteiger partial charge in [-0.2, -0.15) is 0 Å². The van der Waals surface area contributed by atoms with E-state index in [-0.39, 0.29) is 5.91 Å². The fourth-order valence-corrected chi connectivity index (χ4v) is 3.11. The average molecular weight is 317 g/mol. The van der Waals surface area contributed by atoms with Crippen molar-refractivity contribution in [2.24, 2.45) is 0 Å². The molecule has 5 heteroatoms. The van der Waals surface area contributed by atoms with Gasteiger partial charge in [0, 0.05) is 19.8 Å². The number of amides is 1. The summed E-state index contributed by atoms with van der Waals surface area (Å²) in [5.74, 6) is 0.565. The van der Waals surface area contributed by atoms with Crippen molar-refractivity contribution in [2.45, 2.75) is 33.1 Å².